The number of rotatable bonds is 12. The molecular weight excluding hydrogens is 633 g/mol. The Morgan fingerprint density at radius 3 is 1.49 bits per heavy atom. The van der Waals surface area contributed by atoms with Crippen LogP contribution in [0.1, 0.15) is 57.2 Å². The van der Waals surface area contributed by atoms with Crippen LogP contribution in [-0.4, -0.2) is 43.5 Å². The Morgan fingerprint density at radius 2 is 1.02 bits per heavy atom. The second-order valence-electron chi connectivity index (χ2n) is 10.3. The number of carbonyl (C=O) groups is 2. The summed E-state index contributed by atoms with van der Waals surface area (Å²) in [5, 5.41) is 19.6. The third kappa shape index (κ3) is 18.6. The van der Waals surface area contributed by atoms with E-state index in [1.165, 1.54) is 0 Å². The van der Waals surface area contributed by atoms with Gasteiger partial charge in [-0.05, 0) is 102 Å². The van der Waals surface area contributed by atoms with Gasteiger partial charge < -0.3 is 9.59 Å². The summed E-state index contributed by atoms with van der Waals surface area (Å²) in [6.07, 6.45) is 1.10. The lowest BCUT2D eigenvalue weighted by molar-refractivity contribution is -0.241. The van der Waals surface area contributed by atoms with Gasteiger partial charge in [0.25, 0.3) is 0 Å². The van der Waals surface area contributed by atoms with E-state index in [2.05, 4.69) is 83.6 Å². The van der Waals surface area contributed by atoms with Crippen LogP contribution in [0.4, 0.5) is 13.2 Å². The minimum Gasteiger partial charge on any atom is -0.307 e. The number of carbonyl (C=O) groups excluding carboxylic acids is 2. The van der Waals surface area contributed by atoms with Gasteiger partial charge in [-0.3, -0.25) is 10.5 Å². The van der Waals surface area contributed by atoms with Gasteiger partial charge in [-0.15, -0.1) is 13.2 Å². The molecule has 0 aliphatic rings. The lowest BCUT2D eigenvalue weighted by Crippen LogP contribution is -2.06. The molecule has 0 aliphatic carbocycles. The molecule has 0 heterocycles. The number of hydrogen-bond acceptors (Lipinski definition) is 6. The Bertz CT molecular complexity index is 1440. The van der Waals surface area contributed by atoms with Gasteiger partial charge in [0.2, 0.25) is 0 Å². The molecule has 6 nitrogen and oxygen atoms in total. The molecular formula is C40H51F3O6. The summed E-state index contributed by atoms with van der Waals surface area (Å²) in [4.78, 5) is 24.5. The maximum absolute atomic E-state index is 12.4. The summed E-state index contributed by atoms with van der Waals surface area (Å²) < 4.78 is 37.1. The van der Waals surface area contributed by atoms with Gasteiger partial charge >= 0.3 is 6.18 Å². The largest absolute Gasteiger partial charge is 0.389 e. The van der Waals surface area contributed by atoms with Crippen molar-refractivity contribution >= 4 is 24.4 Å². The highest BCUT2D eigenvalue weighted by Gasteiger charge is 2.25. The summed E-state index contributed by atoms with van der Waals surface area (Å²) in [5.41, 5.74) is 7.31. The van der Waals surface area contributed by atoms with Crippen LogP contribution in [0.5, 0.6) is 0 Å². The van der Waals surface area contributed by atoms with E-state index in [1.807, 2.05) is 45.6 Å². The van der Waals surface area contributed by atoms with E-state index in [0.29, 0.717) is 25.7 Å². The monoisotopic (exact) mass is 684 g/mol. The van der Waals surface area contributed by atoms with Crippen molar-refractivity contribution < 1.29 is 43.0 Å². The van der Waals surface area contributed by atoms with Gasteiger partial charge in [0.1, 0.15) is 13.6 Å². The Kier molecular flexibility index (Phi) is 26.2. The molecule has 4 aromatic rings. The number of unbranched alkanes of at least 4 members (excludes halogenated alkanes) is 1. The number of hydrogen-bond donors (Lipinski definition) is 2. The Morgan fingerprint density at radius 1 is 0.592 bits per heavy atom. The normalized spacial score (nSPS) is 9.86. The van der Waals surface area contributed by atoms with E-state index in [0.717, 1.165) is 49.7 Å². The van der Waals surface area contributed by atoms with Crippen molar-refractivity contribution in [2.75, 3.05) is 13.2 Å². The third-order valence-corrected chi connectivity index (χ3v) is 6.65. The van der Waals surface area contributed by atoms with Gasteiger partial charge in [-0.2, -0.15) is 13.2 Å². The predicted molar refractivity (Wildman–Crippen MR) is 196 cm³/mol. The first-order valence-corrected chi connectivity index (χ1v) is 15.3. The highest BCUT2D eigenvalue weighted by atomic mass is 19.4. The molecule has 2 N–H and O–H groups in total. The van der Waals surface area contributed by atoms with E-state index in [9.17, 15) is 13.2 Å². The molecule has 4 rings (SSSR count). The number of alkyl halides is 3. The van der Waals surface area contributed by atoms with Crippen LogP contribution in [0.15, 0.2) is 104 Å². The van der Waals surface area contributed by atoms with E-state index >= 15 is 0 Å². The van der Waals surface area contributed by atoms with Crippen LogP contribution < -0.4 is 0 Å². The third-order valence-electron chi connectivity index (χ3n) is 6.65. The first kappa shape index (κ1) is 46.7. The first-order valence-electron chi connectivity index (χ1n) is 15.3. The Labute approximate surface area is 289 Å². The zero-order chi connectivity index (χ0) is 36.4. The fourth-order valence-electron chi connectivity index (χ4n) is 4.68. The first-order chi connectivity index (χ1) is 23.2. The van der Waals surface area contributed by atoms with Crippen LogP contribution in [0.2, 0.25) is 0 Å². The average molecular weight is 685 g/mol. The highest BCUT2D eigenvalue weighted by molar-refractivity contribution is 5.88. The zero-order valence-corrected chi connectivity index (χ0v) is 27.8. The van der Waals surface area contributed by atoms with Gasteiger partial charge in [0, 0.05) is 6.42 Å². The molecule has 0 spiro atoms. The number of allylic oxidation sites excluding steroid dienone is 2. The number of aryl methyl sites for hydroxylation is 1. The lowest BCUT2D eigenvalue weighted by Gasteiger charge is -2.11. The number of halogens is 3. The SMILES string of the molecule is C.C=CC.C=CC.C=O.C=O.OOCCc1cc(CCOO)cc(-c2ccc(-c3ccc4cc(CCCCC(F)(F)F)ccc4c3)cc2)c1. The molecule has 0 amide bonds. The maximum Gasteiger partial charge on any atom is 0.389 e. The van der Waals surface area contributed by atoms with Crippen molar-refractivity contribution in [1.82, 2.24) is 0 Å². The number of benzene rings is 4. The van der Waals surface area contributed by atoms with E-state index < -0.39 is 12.6 Å². The van der Waals surface area contributed by atoms with Crippen LogP contribution >= 0.6 is 0 Å². The molecule has 0 aromatic heterocycles. The summed E-state index contributed by atoms with van der Waals surface area (Å²) in [7, 11) is 0. The van der Waals surface area contributed by atoms with Crippen molar-refractivity contribution in [2.45, 2.75) is 66.0 Å². The molecule has 0 saturated heterocycles. The standard InChI is InChI=1S/C31H31F3O4.2C3H6.2CH2O.CH4/c32-31(33,34)14-2-1-3-22-4-5-29-21-28(11-10-27(29)18-22)25-6-8-26(9-7-25)30-19-23(12-15-37-35)17-24(20-30)13-16-38-36;2*1-3-2;2*1-2;/h4-11,17-21,35-36H,1-3,12-16H2;2*3H,1H2,2H3;2*1H2;1H4. The fourth-order valence-corrected chi connectivity index (χ4v) is 4.68. The lowest BCUT2D eigenvalue weighted by atomic mass is 9.95. The molecule has 268 valence electrons. The second kappa shape index (κ2) is 27.5. The summed E-state index contributed by atoms with van der Waals surface area (Å²) in [5.74, 6) is 0. The van der Waals surface area contributed by atoms with E-state index in [4.69, 9.17) is 20.1 Å². The molecule has 0 unspecified atom stereocenters. The van der Waals surface area contributed by atoms with Crippen molar-refractivity contribution in [3.8, 4) is 22.3 Å². The smallest absolute Gasteiger partial charge is 0.307 e. The Hall–Kier alpha value is -4.41. The minimum atomic E-state index is -4.09. The zero-order valence-electron chi connectivity index (χ0n) is 27.8. The molecule has 0 fully saturated rings. The second-order valence-corrected chi connectivity index (χ2v) is 10.3. The average Bonchev–Trinajstić information content (AvgIpc) is 3.10. The van der Waals surface area contributed by atoms with Gasteiger partial charge in [-0.25, -0.2) is 9.78 Å². The molecule has 9 heteroatoms. The van der Waals surface area contributed by atoms with Crippen LogP contribution in [0.3, 0.4) is 0 Å². The quantitative estimate of drug-likeness (QED) is 0.0668. The van der Waals surface area contributed by atoms with Crippen molar-refractivity contribution in [1.29, 1.82) is 0 Å². The molecule has 0 aliphatic heterocycles. The highest BCUT2D eigenvalue weighted by Crippen LogP contribution is 2.30. The summed E-state index contributed by atoms with van der Waals surface area (Å²) in [6, 6.07) is 26.8. The minimum absolute atomic E-state index is 0. The van der Waals surface area contributed by atoms with E-state index in [-0.39, 0.29) is 27.1 Å². The molecule has 0 radical (unpaired) electrons. The molecule has 0 bridgehead atoms. The summed E-state index contributed by atoms with van der Waals surface area (Å²) in [6.45, 7) is 14.9. The van der Waals surface area contributed by atoms with E-state index in [1.54, 1.807) is 12.2 Å². The van der Waals surface area contributed by atoms with Gasteiger partial charge in [-0.1, -0.05) is 92.4 Å². The van der Waals surface area contributed by atoms with Crippen LogP contribution in [0.25, 0.3) is 33.0 Å². The van der Waals surface area contributed by atoms with Crippen molar-refractivity contribution in [2.24, 2.45) is 0 Å². The molecule has 49 heavy (non-hydrogen) atoms. The van der Waals surface area contributed by atoms with Gasteiger partial charge in [0.15, 0.2) is 0 Å². The van der Waals surface area contributed by atoms with Gasteiger partial charge in [0.05, 0.1) is 13.2 Å². The molecule has 4 aromatic carbocycles. The maximum atomic E-state index is 12.4. The topological polar surface area (TPSA) is 93.1 Å². The molecule has 0 atom stereocenters. The predicted octanol–water partition coefficient (Wildman–Crippen LogP) is 11.2. The molecule has 0 saturated carbocycles. The van der Waals surface area contributed by atoms with Crippen molar-refractivity contribution in [3.05, 3.63) is 121 Å². The fraction of sp³-hybridized carbons (Fsp3) is 0.300. The number of fused-ring (bicyclic) bond motifs is 1. The summed E-state index contributed by atoms with van der Waals surface area (Å²) >= 11 is 0. The van der Waals surface area contributed by atoms with Crippen LogP contribution in [-0.2, 0) is 38.6 Å². The van der Waals surface area contributed by atoms with Crippen LogP contribution in [0, 0.1) is 0 Å². The Balaban J connectivity index is 0. The van der Waals surface area contributed by atoms with Crippen molar-refractivity contribution in [3.63, 3.8) is 0 Å².